The molecule has 0 aliphatic rings. The Bertz CT molecular complexity index is 85.9. The van der Waals surface area contributed by atoms with Gasteiger partial charge in [0.1, 0.15) is 0 Å². The molecule has 74 valence electrons. The molecule has 0 aliphatic heterocycles. The molecule has 0 aromatic carbocycles. The minimum absolute atomic E-state index is 0.247. The van der Waals surface area contributed by atoms with Gasteiger partial charge in [0, 0.05) is 13.2 Å². The predicted molar refractivity (Wildman–Crippen MR) is 53.2 cm³/mol. The first-order valence-corrected chi connectivity index (χ1v) is 5.05. The van der Waals surface area contributed by atoms with Crippen LogP contribution in [0.2, 0.25) is 0 Å². The molecule has 0 rings (SSSR count). The first kappa shape index (κ1) is 11.9. The molecule has 2 N–H and O–H groups in total. The maximum atomic E-state index is 5.77. The van der Waals surface area contributed by atoms with Crippen LogP contribution >= 0.6 is 0 Å². The van der Waals surface area contributed by atoms with E-state index in [0.29, 0.717) is 6.61 Å². The molecule has 0 saturated carbocycles. The lowest BCUT2D eigenvalue weighted by atomic mass is 10.1. The third-order valence-corrected chi connectivity index (χ3v) is 2.06. The number of rotatable bonds is 8. The SMILES string of the molecule is CCCCCCCC(N)COC. The predicted octanol–water partition coefficient (Wildman–Crippen LogP) is 2.32. The third kappa shape index (κ3) is 8.02. The average molecular weight is 173 g/mol. The number of unbranched alkanes of at least 4 members (excludes halogenated alkanes) is 4. The Balaban J connectivity index is 2.97. The molecule has 2 heteroatoms. The minimum atomic E-state index is 0.247. The van der Waals surface area contributed by atoms with Gasteiger partial charge in [-0.25, -0.2) is 0 Å². The van der Waals surface area contributed by atoms with E-state index in [1.807, 2.05) is 0 Å². The molecule has 0 spiro atoms. The van der Waals surface area contributed by atoms with Gasteiger partial charge in [-0.2, -0.15) is 0 Å². The Labute approximate surface area is 76.5 Å². The molecule has 0 aromatic heterocycles. The van der Waals surface area contributed by atoms with Crippen LogP contribution in [0.15, 0.2) is 0 Å². The summed E-state index contributed by atoms with van der Waals surface area (Å²) in [4.78, 5) is 0. The van der Waals surface area contributed by atoms with Crippen molar-refractivity contribution in [3.63, 3.8) is 0 Å². The van der Waals surface area contributed by atoms with Crippen molar-refractivity contribution < 1.29 is 4.74 Å². The Morgan fingerprint density at radius 1 is 1.17 bits per heavy atom. The summed E-state index contributed by atoms with van der Waals surface area (Å²) in [5, 5.41) is 0. The van der Waals surface area contributed by atoms with Crippen LogP contribution in [0.1, 0.15) is 45.4 Å². The van der Waals surface area contributed by atoms with Crippen LogP contribution in [0.4, 0.5) is 0 Å². The van der Waals surface area contributed by atoms with Gasteiger partial charge in [-0.05, 0) is 6.42 Å². The highest BCUT2D eigenvalue weighted by atomic mass is 16.5. The van der Waals surface area contributed by atoms with Gasteiger partial charge in [-0.3, -0.25) is 0 Å². The fourth-order valence-electron chi connectivity index (χ4n) is 1.31. The van der Waals surface area contributed by atoms with Crippen LogP contribution in [0.5, 0.6) is 0 Å². The summed E-state index contributed by atoms with van der Waals surface area (Å²) in [5.41, 5.74) is 5.77. The van der Waals surface area contributed by atoms with Crippen LogP contribution in [0, 0.1) is 0 Å². The molecule has 0 heterocycles. The summed E-state index contributed by atoms with van der Waals surface area (Å²) in [5.74, 6) is 0. The third-order valence-electron chi connectivity index (χ3n) is 2.06. The van der Waals surface area contributed by atoms with E-state index in [1.54, 1.807) is 7.11 Å². The summed E-state index contributed by atoms with van der Waals surface area (Å²) >= 11 is 0. The number of nitrogens with two attached hydrogens (primary N) is 1. The molecule has 2 nitrogen and oxygen atoms in total. The van der Waals surface area contributed by atoms with Crippen LogP contribution in [-0.2, 0) is 4.74 Å². The first-order chi connectivity index (χ1) is 5.81. The van der Waals surface area contributed by atoms with Crippen LogP contribution in [0.25, 0.3) is 0 Å². The first-order valence-electron chi connectivity index (χ1n) is 5.05. The van der Waals surface area contributed by atoms with Crippen molar-refractivity contribution in [2.45, 2.75) is 51.5 Å². The Morgan fingerprint density at radius 3 is 2.42 bits per heavy atom. The molecule has 0 amide bonds. The quantitative estimate of drug-likeness (QED) is 0.572. The highest BCUT2D eigenvalue weighted by Gasteiger charge is 2.00. The number of hydrogen-bond acceptors (Lipinski definition) is 2. The second-order valence-corrected chi connectivity index (χ2v) is 3.42. The van der Waals surface area contributed by atoms with Gasteiger partial charge >= 0.3 is 0 Å². The number of hydrogen-bond donors (Lipinski definition) is 1. The van der Waals surface area contributed by atoms with Crippen molar-refractivity contribution in [1.82, 2.24) is 0 Å². The van der Waals surface area contributed by atoms with E-state index in [2.05, 4.69) is 6.92 Å². The van der Waals surface area contributed by atoms with E-state index in [0.717, 1.165) is 6.42 Å². The van der Waals surface area contributed by atoms with Gasteiger partial charge < -0.3 is 10.5 Å². The lowest BCUT2D eigenvalue weighted by Gasteiger charge is -2.09. The van der Waals surface area contributed by atoms with Crippen molar-refractivity contribution in [2.24, 2.45) is 5.73 Å². The maximum Gasteiger partial charge on any atom is 0.0613 e. The largest absolute Gasteiger partial charge is 0.383 e. The lowest BCUT2D eigenvalue weighted by Crippen LogP contribution is -2.25. The number of ether oxygens (including phenoxy) is 1. The smallest absolute Gasteiger partial charge is 0.0613 e. The molecule has 1 atom stereocenters. The van der Waals surface area contributed by atoms with Crippen LogP contribution in [0.3, 0.4) is 0 Å². The Hall–Kier alpha value is -0.0800. The molecule has 0 radical (unpaired) electrons. The number of methoxy groups -OCH3 is 1. The van der Waals surface area contributed by atoms with Crippen molar-refractivity contribution >= 4 is 0 Å². The summed E-state index contributed by atoms with van der Waals surface area (Å²) in [6, 6.07) is 0.247. The lowest BCUT2D eigenvalue weighted by molar-refractivity contribution is 0.176. The van der Waals surface area contributed by atoms with Crippen molar-refractivity contribution in [1.29, 1.82) is 0 Å². The van der Waals surface area contributed by atoms with Gasteiger partial charge in [0.15, 0.2) is 0 Å². The summed E-state index contributed by atoms with van der Waals surface area (Å²) < 4.78 is 4.96. The average Bonchev–Trinajstić information content (AvgIpc) is 2.05. The molecule has 12 heavy (non-hydrogen) atoms. The van der Waals surface area contributed by atoms with Crippen LogP contribution < -0.4 is 5.73 Å². The normalized spacial score (nSPS) is 13.2. The molecule has 0 aromatic rings. The standard InChI is InChI=1S/C10H23NO/c1-3-4-5-6-7-8-10(11)9-12-2/h10H,3-9,11H2,1-2H3. The van der Waals surface area contributed by atoms with E-state index in [-0.39, 0.29) is 6.04 Å². The minimum Gasteiger partial charge on any atom is -0.383 e. The van der Waals surface area contributed by atoms with Gasteiger partial charge in [-0.1, -0.05) is 39.0 Å². The zero-order chi connectivity index (χ0) is 9.23. The van der Waals surface area contributed by atoms with E-state index >= 15 is 0 Å². The van der Waals surface area contributed by atoms with E-state index < -0.39 is 0 Å². The monoisotopic (exact) mass is 173 g/mol. The zero-order valence-corrected chi connectivity index (χ0v) is 8.51. The molecule has 1 unspecified atom stereocenters. The molecule has 0 bridgehead atoms. The van der Waals surface area contributed by atoms with Gasteiger partial charge in [0.25, 0.3) is 0 Å². The van der Waals surface area contributed by atoms with E-state index in [1.165, 1.54) is 32.1 Å². The molecule has 0 aliphatic carbocycles. The van der Waals surface area contributed by atoms with Crippen molar-refractivity contribution in [3.8, 4) is 0 Å². The Morgan fingerprint density at radius 2 is 1.83 bits per heavy atom. The fourth-order valence-corrected chi connectivity index (χ4v) is 1.31. The highest BCUT2D eigenvalue weighted by Crippen LogP contribution is 2.06. The van der Waals surface area contributed by atoms with E-state index in [9.17, 15) is 0 Å². The molecule has 0 saturated heterocycles. The zero-order valence-electron chi connectivity index (χ0n) is 8.51. The molecular formula is C10H23NO. The molecular weight excluding hydrogens is 150 g/mol. The van der Waals surface area contributed by atoms with Crippen molar-refractivity contribution in [3.05, 3.63) is 0 Å². The van der Waals surface area contributed by atoms with Gasteiger partial charge in [-0.15, -0.1) is 0 Å². The fraction of sp³-hybridized carbons (Fsp3) is 1.00. The van der Waals surface area contributed by atoms with Gasteiger partial charge in [0.2, 0.25) is 0 Å². The maximum absolute atomic E-state index is 5.77. The summed E-state index contributed by atoms with van der Waals surface area (Å²) in [7, 11) is 1.71. The summed E-state index contributed by atoms with van der Waals surface area (Å²) in [6.07, 6.45) is 7.72. The summed E-state index contributed by atoms with van der Waals surface area (Å²) in [6.45, 7) is 2.93. The topological polar surface area (TPSA) is 35.2 Å². The Kier molecular flexibility index (Phi) is 8.95. The second kappa shape index (κ2) is 9.01. The van der Waals surface area contributed by atoms with E-state index in [4.69, 9.17) is 10.5 Å². The van der Waals surface area contributed by atoms with Gasteiger partial charge in [0.05, 0.1) is 6.61 Å². The second-order valence-electron chi connectivity index (χ2n) is 3.42. The van der Waals surface area contributed by atoms with Crippen LogP contribution in [-0.4, -0.2) is 19.8 Å². The highest BCUT2D eigenvalue weighted by molar-refractivity contribution is 4.59. The molecule has 0 fully saturated rings. The van der Waals surface area contributed by atoms with Crippen molar-refractivity contribution in [2.75, 3.05) is 13.7 Å².